The number of aromatic nitrogens is 4. The molecule has 0 saturated carbocycles. The van der Waals surface area contributed by atoms with Crippen molar-refractivity contribution in [3.8, 4) is 0 Å². The number of ketones is 1. The number of rotatable bonds is 4. The van der Waals surface area contributed by atoms with E-state index in [2.05, 4.69) is 15.5 Å². The van der Waals surface area contributed by atoms with Gasteiger partial charge in [-0.05, 0) is 29.8 Å². The van der Waals surface area contributed by atoms with Gasteiger partial charge in [-0.1, -0.05) is 32.5 Å². The van der Waals surface area contributed by atoms with E-state index in [0.29, 0.717) is 10.9 Å². The van der Waals surface area contributed by atoms with Gasteiger partial charge in [0, 0.05) is 19.6 Å². The van der Waals surface area contributed by atoms with Gasteiger partial charge >= 0.3 is 0 Å². The quantitative estimate of drug-likeness (QED) is 0.711. The summed E-state index contributed by atoms with van der Waals surface area (Å²) in [5.74, 6) is -0.213. The highest BCUT2D eigenvalue weighted by Gasteiger charge is 2.59. The fraction of sp³-hybridized carbons (Fsp3) is 0.688. The summed E-state index contributed by atoms with van der Waals surface area (Å²) >= 11 is 3.07. The van der Waals surface area contributed by atoms with Crippen LogP contribution in [-0.2, 0) is 21.4 Å². The van der Waals surface area contributed by atoms with Crippen molar-refractivity contribution in [2.75, 3.05) is 7.11 Å². The second kappa shape index (κ2) is 6.35. The van der Waals surface area contributed by atoms with E-state index < -0.39 is 15.6 Å². The molecule has 2 aliphatic heterocycles. The molecule has 0 N–H and O–H groups in total. The topological polar surface area (TPSA) is 90.2 Å². The number of thioether (sulfide) groups is 2. The van der Waals surface area contributed by atoms with Crippen LogP contribution in [0.3, 0.4) is 0 Å². The van der Waals surface area contributed by atoms with Gasteiger partial charge in [0.1, 0.15) is 5.37 Å². The minimum absolute atomic E-state index is 0.0499. The minimum atomic E-state index is -0.598. The highest BCUT2D eigenvalue weighted by Crippen LogP contribution is 2.57. The Morgan fingerprint density at radius 3 is 2.54 bits per heavy atom. The predicted octanol–water partition coefficient (Wildman–Crippen LogP) is 1.84. The van der Waals surface area contributed by atoms with E-state index in [4.69, 9.17) is 4.74 Å². The fourth-order valence-electron chi connectivity index (χ4n) is 2.94. The average Bonchev–Trinajstić information content (AvgIpc) is 2.94. The van der Waals surface area contributed by atoms with Crippen molar-refractivity contribution in [1.29, 1.82) is 0 Å². The van der Waals surface area contributed by atoms with E-state index in [1.54, 1.807) is 28.4 Å². The van der Waals surface area contributed by atoms with Crippen molar-refractivity contribution in [2.24, 2.45) is 12.5 Å². The van der Waals surface area contributed by atoms with Crippen molar-refractivity contribution < 1.29 is 14.3 Å². The maximum Gasteiger partial charge on any atom is 0.260 e. The Morgan fingerprint density at radius 1 is 1.38 bits per heavy atom. The molecule has 0 aliphatic carbocycles. The van der Waals surface area contributed by atoms with E-state index in [1.165, 1.54) is 18.9 Å². The number of nitrogens with zero attached hydrogens (tertiary/aromatic N) is 5. The summed E-state index contributed by atoms with van der Waals surface area (Å²) in [6.07, 6.45) is -0.548. The number of β-lactam (4-membered cyclic amide) rings is 1. The summed E-state index contributed by atoms with van der Waals surface area (Å²) in [5.41, 5.74) is 0.721. The molecule has 1 aromatic rings. The first-order chi connectivity index (χ1) is 12.0. The van der Waals surface area contributed by atoms with Crippen LogP contribution in [0, 0.1) is 5.41 Å². The summed E-state index contributed by atoms with van der Waals surface area (Å²) in [5, 5.41) is 12.0. The van der Waals surface area contributed by atoms with Gasteiger partial charge in [0.05, 0.1) is 9.78 Å². The number of methoxy groups -OCH3 is 1. The van der Waals surface area contributed by atoms with Gasteiger partial charge in [0.25, 0.3) is 5.91 Å². The van der Waals surface area contributed by atoms with Crippen LogP contribution in [0.25, 0.3) is 0 Å². The standard InChI is InChI=1S/C16H23N5O3S2/c1-8-9(11(22)15(2,3)4)21-12(23)10(24-7)13(21)25-16(8,5)26-14-17-18-19-20(14)6/h10,13H,1-7H3/t10-,13+,16?/m0/s1. The van der Waals surface area contributed by atoms with Crippen molar-refractivity contribution in [3.63, 3.8) is 0 Å². The van der Waals surface area contributed by atoms with Gasteiger partial charge in [-0.2, -0.15) is 0 Å². The minimum Gasteiger partial charge on any atom is -0.368 e. The molecule has 3 rings (SSSR count). The molecule has 26 heavy (non-hydrogen) atoms. The highest BCUT2D eigenvalue weighted by atomic mass is 32.2. The zero-order valence-electron chi connectivity index (χ0n) is 15.9. The Bertz CT molecular complexity index is 800. The van der Waals surface area contributed by atoms with E-state index >= 15 is 0 Å². The molecular weight excluding hydrogens is 374 g/mol. The van der Waals surface area contributed by atoms with Crippen molar-refractivity contribution in [3.05, 3.63) is 11.3 Å². The molecule has 0 aromatic carbocycles. The number of allylic oxidation sites excluding steroid dienone is 1. The molecule has 3 atom stereocenters. The molecule has 10 heteroatoms. The smallest absolute Gasteiger partial charge is 0.260 e. The summed E-state index contributed by atoms with van der Waals surface area (Å²) in [6, 6.07) is 0. The fourth-order valence-corrected chi connectivity index (χ4v) is 5.89. The zero-order valence-corrected chi connectivity index (χ0v) is 17.6. The first-order valence-electron chi connectivity index (χ1n) is 8.22. The lowest BCUT2D eigenvalue weighted by atomic mass is 9.85. The lowest BCUT2D eigenvalue weighted by Gasteiger charge is -2.54. The van der Waals surface area contributed by atoms with Crippen LogP contribution in [0.15, 0.2) is 16.4 Å². The van der Waals surface area contributed by atoms with Crippen molar-refractivity contribution in [2.45, 2.75) is 55.3 Å². The van der Waals surface area contributed by atoms with Gasteiger partial charge in [-0.15, -0.1) is 16.9 Å². The van der Waals surface area contributed by atoms with Crippen LogP contribution in [0.1, 0.15) is 34.6 Å². The Hall–Kier alpha value is -1.39. The summed E-state index contributed by atoms with van der Waals surface area (Å²) in [4.78, 5) is 27.3. The lowest BCUT2D eigenvalue weighted by molar-refractivity contribution is -0.160. The first kappa shape index (κ1) is 19.4. The third kappa shape index (κ3) is 2.87. The van der Waals surface area contributed by atoms with Crippen molar-refractivity contribution in [1.82, 2.24) is 25.1 Å². The second-order valence-corrected chi connectivity index (χ2v) is 10.7. The number of ether oxygens (including phenoxy) is 1. The number of aryl methyl sites for hydroxylation is 1. The first-order valence-corrected chi connectivity index (χ1v) is 9.92. The number of hydrogen-bond acceptors (Lipinski definition) is 8. The molecule has 1 fully saturated rings. The summed E-state index contributed by atoms with van der Waals surface area (Å²) in [6.45, 7) is 9.53. The third-order valence-corrected chi connectivity index (χ3v) is 7.85. The molecule has 1 amide bonds. The molecule has 142 valence electrons. The molecule has 1 saturated heterocycles. The molecule has 2 aliphatic rings. The Balaban J connectivity index is 2.09. The summed E-state index contributed by atoms with van der Waals surface area (Å²) in [7, 11) is 3.30. The Morgan fingerprint density at radius 2 is 2.04 bits per heavy atom. The van der Waals surface area contributed by atoms with E-state index in [1.807, 2.05) is 34.6 Å². The molecule has 1 aromatic heterocycles. The number of fused-ring (bicyclic) bond motifs is 1. The number of Topliss-reactive ketones (excluding diaryl/α,β-unsaturated/α-hetero) is 1. The van der Waals surface area contributed by atoms with Gasteiger partial charge in [-0.25, -0.2) is 4.68 Å². The van der Waals surface area contributed by atoms with Crippen LogP contribution < -0.4 is 0 Å². The number of amides is 1. The Labute approximate surface area is 161 Å². The third-order valence-electron chi connectivity index (χ3n) is 4.63. The van der Waals surface area contributed by atoms with Gasteiger partial charge in [0.2, 0.25) is 5.16 Å². The maximum absolute atomic E-state index is 13.2. The second-order valence-electron chi connectivity index (χ2n) is 7.56. The van der Waals surface area contributed by atoms with Crippen LogP contribution >= 0.6 is 23.5 Å². The molecule has 8 nitrogen and oxygen atoms in total. The lowest BCUT2D eigenvalue weighted by Crippen LogP contribution is -2.67. The molecule has 0 radical (unpaired) electrons. The van der Waals surface area contributed by atoms with Gasteiger partial charge in [0.15, 0.2) is 11.9 Å². The van der Waals surface area contributed by atoms with E-state index in [0.717, 1.165) is 5.57 Å². The molecular formula is C16H23N5O3S2. The van der Waals surface area contributed by atoms with Crippen molar-refractivity contribution >= 4 is 35.2 Å². The number of hydrogen-bond donors (Lipinski definition) is 0. The largest absolute Gasteiger partial charge is 0.368 e. The number of carbonyl (C=O) groups is 2. The average molecular weight is 398 g/mol. The van der Waals surface area contributed by atoms with Crippen LogP contribution in [-0.4, -0.2) is 59.5 Å². The predicted molar refractivity (Wildman–Crippen MR) is 99.2 cm³/mol. The molecule has 3 heterocycles. The van der Waals surface area contributed by atoms with E-state index in [9.17, 15) is 9.59 Å². The highest BCUT2D eigenvalue weighted by molar-refractivity contribution is 8.18. The van der Waals surface area contributed by atoms with Gasteiger partial charge < -0.3 is 4.74 Å². The number of carbonyl (C=O) groups excluding carboxylic acids is 2. The van der Waals surface area contributed by atoms with E-state index in [-0.39, 0.29) is 17.1 Å². The monoisotopic (exact) mass is 397 g/mol. The molecule has 0 spiro atoms. The molecule has 0 bridgehead atoms. The van der Waals surface area contributed by atoms with Crippen LogP contribution in [0.2, 0.25) is 0 Å². The zero-order chi connectivity index (χ0) is 19.4. The number of tetrazole rings is 1. The molecule has 1 unspecified atom stereocenters. The summed E-state index contributed by atoms with van der Waals surface area (Å²) < 4.78 is 6.46. The maximum atomic E-state index is 13.2. The van der Waals surface area contributed by atoms with Gasteiger partial charge in [-0.3, -0.25) is 14.5 Å². The Kier molecular flexibility index (Phi) is 4.73. The normalized spacial score (nSPS) is 28.9. The van der Waals surface area contributed by atoms with Crippen LogP contribution in [0.4, 0.5) is 0 Å². The van der Waals surface area contributed by atoms with Crippen LogP contribution in [0.5, 0.6) is 0 Å². The SMILES string of the molecule is CO[C@H]1C(=O)N2C(C(=O)C(C)(C)C)=C(C)C(C)(Sc3nnnn3C)S[C@H]12.